The monoisotopic (exact) mass is 470 g/mol. The molecule has 9 heteroatoms. The Kier molecular flexibility index (Phi) is 7.97. The van der Waals surface area contributed by atoms with Crippen LogP contribution >= 0.6 is 0 Å². The van der Waals surface area contributed by atoms with Gasteiger partial charge in [-0.25, -0.2) is 4.39 Å². The summed E-state index contributed by atoms with van der Waals surface area (Å²) in [5.74, 6) is 1.13. The van der Waals surface area contributed by atoms with Crippen molar-refractivity contribution in [2.75, 3.05) is 33.4 Å². The van der Waals surface area contributed by atoms with Crippen LogP contribution in [0.25, 0.3) is 0 Å². The van der Waals surface area contributed by atoms with Crippen LogP contribution in [0.3, 0.4) is 0 Å². The van der Waals surface area contributed by atoms with Gasteiger partial charge < -0.3 is 23.9 Å². The number of aliphatic hydroxyl groups is 1. The van der Waals surface area contributed by atoms with Gasteiger partial charge in [-0.3, -0.25) is 4.90 Å². The molecule has 0 radical (unpaired) electrons. The van der Waals surface area contributed by atoms with Crippen molar-refractivity contribution in [3.05, 3.63) is 66.5 Å². The van der Waals surface area contributed by atoms with Gasteiger partial charge in [0.25, 0.3) is 0 Å². The molecule has 8 nitrogen and oxygen atoms in total. The van der Waals surface area contributed by atoms with Crippen LogP contribution in [0.15, 0.2) is 55.1 Å². The lowest BCUT2D eigenvalue weighted by molar-refractivity contribution is -0.0177. The summed E-state index contributed by atoms with van der Waals surface area (Å²) in [6, 6.07) is 12.2. The Morgan fingerprint density at radius 3 is 2.62 bits per heavy atom. The molecule has 1 aromatic heterocycles. The summed E-state index contributed by atoms with van der Waals surface area (Å²) in [7, 11) is 1.63. The number of ether oxygens (including phenoxy) is 3. The molecular weight excluding hydrogens is 439 g/mol. The Hall–Kier alpha value is -3.17. The zero-order valence-corrected chi connectivity index (χ0v) is 19.4. The van der Waals surface area contributed by atoms with Gasteiger partial charge in [-0.2, -0.15) is 0 Å². The molecule has 0 saturated carbocycles. The third-order valence-electron chi connectivity index (χ3n) is 6.05. The molecule has 2 aromatic carbocycles. The molecular formula is C25H31FN4O4. The fourth-order valence-corrected chi connectivity index (χ4v) is 4.10. The second-order valence-corrected chi connectivity index (χ2v) is 8.61. The van der Waals surface area contributed by atoms with Crippen LogP contribution in [0, 0.1) is 5.82 Å². The van der Waals surface area contributed by atoms with Crippen LogP contribution in [0.2, 0.25) is 0 Å². The zero-order chi connectivity index (χ0) is 23.8. The van der Waals surface area contributed by atoms with E-state index in [-0.39, 0.29) is 12.4 Å². The van der Waals surface area contributed by atoms with E-state index in [4.69, 9.17) is 14.2 Å². The minimum atomic E-state index is -0.979. The first-order valence-corrected chi connectivity index (χ1v) is 11.5. The maximum absolute atomic E-state index is 13.8. The quantitative estimate of drug-likeness (QED) is 0.487. The van der Waals surface area contributed by atoms with Crippen LogP contribution in [-0.2, 0) is 13.1 Å². The van der Waals surface area contributed by atoms with Crippen LogP contribution < -0.4 is 14.2 Å². The second-order valence-electron chi connectivity index (χ2n) is 8.61. The lowest BCUT2D eigenvalue weighted by Gasteiger charge is -2.27. The summed E-state index contributed by atoms with van der Waals surface area (Å²) in [4.78, 5) is 2.31. The zero-order valence-electron chi connectivity index (χ0n) is 19.4. The summed E-state index contributed by atoms with van der Waals surface area (Å²) < 4.78 is 32.7. The number of halogens is 1. The molecule has 2 heterocycles. The SMILES string of the molecule is COc1ccc(CN2CCC[C@@](O)(COc3ccccc3F)CC2)cc1OCCn1cnnc1. The second kappa shape index (κ2) is 11.3. The third kappa shape index (κ3) is 6.45. The van der Waals surface area contributed by atoms with Gasteiger partial charge in [-0.05, 0) is 55.6 Å². The number of hydrogen-bond acceptors (Lipinski definition) is 7. The van der Waals surface area contributed by atoms with E-state index < -0.39 is 11.4 Å². The van der Waals surface area contributed by atoms with Gasteiger partial charge in [0.2, 0.25) is 0 Å². The minimum Gasteiger partial charge on any atom is -0.493 e. The van der Waals surface area contributed by atoms with E-state index in [9.17, 15) is 9.50 Å². The molecule has 0 spiro atoms. The van der Waals surface area contributed by atoms with Crippen molar-refractivity contribution in [3.8, 4) is 17.2 Å². The molecule has 0 bridgehead atoms. The number of aromatic nitrogens is 3. The van der Waals surface area contributed by atoms with E-state index in [0.717, 1.165) is 25.1 Å². The van der Waals surface area contributed by atoms with Crippen molar-refractivity contribution in [1.29, 1.82) is 0 Å². The van der Waals surface area contributed by atoms with Crippen LogP contribution in [0.4, 0.5) is 4.39 Å². The number of nitrogens with zero attached hydrogens (tertiary/aromatic N) is 4. The Morgan fingerprint density at radius 1 is 1.00 bits per heavy atom. The van der Waals surface area contributed by atoms with Crippen LogP contribution in [0.5, 0.6) is 17.2 Å². The topological polar surface area (TPSA) is 81.9 Å². The largest absolute Gasteiger partial charge is 0.493 e. The Balaban J connectivity index is 1.32. The maximum Gasteiger partial charge on any atom is 0.165 e. The van der Waals surface area contributed by atoms with Crippen molar-refractivity contribution in [2.45, 2.75) is 38.0 Å². The third-order valence-corrected chi connectivity index (χ3v) is 6.05. The first-order valence-electron chi connectivity index (χ1n) is 11.5. The minimum absolute atomic E-state index is 0.0781. The lowest BCUT2D eigenvalue weighted by atomic mass is 9.96. The fourth-order valence-electron chi connectivity index (χ4n) is 4.10. The van der Waals surface area contributed by atoms with Gasteiger partial charge in [0.15, 0.2) is 23.1 Å². The normalized spacial score (nSPS) is 18.9. The van der Waals surface area contributed by atoms with Crippen molar-refractivity contribution >= 4 is 0 Å². The Bertz CT molecular complexity index is 1050. The number of rotatable bonds is 10. The predicted molar refractivity (Wildman–Crippen MR) is 124 cm³/mol. The van der Waals surface area contributed by atoms with Crippen LogP contribution in [-0.4, -0.2) is 63.8 Å². The van der Waals surface area contributed by atoms with E-state index in [0.29, 0.717) is 44.0 Å². The molecule has 182 valence electrons. The molecule has 0 aliphatic carbocycles. The molecule has 0 unspecified atom stereocenters. The highest BCUT2D eigenvalue weighted by molar-refractivity contribution is 5.43. The molecule has 1 N–H and O–H groups in total. The average Bonchev–Trinajstić information content (AvgIpc) is 3.29. The van der Waals surface area contributed by atoms with E-state index >= 15 is 0 Å². The van der Waals surface area contributed by atoms with E-state index in [1.807, 2.05) is 22.8 Å². The number of para-hydroxylation sites is 1. The van der Waals surface area contributed by atoms with Crippen molar-refractivity contribution in [3.63, 3.8) is 0 Å². The van der Waals surface area contributed by atoms with Crippen molar-refractivity contribution in [2.24, 2.45) is 0 Å². The summed E-state index contributed by atoms with van der Waals surface area (Å²) in [5, 5.41) is 18.6. The molecule has 1 atom stereocenters. The standard InChI is InChI=1S/C25H31FN4O4/c1-32-23-8-7-20(15-24(23)33-14-13-30-18-27-28-19-30)16-29-11-4-9-25(31,10-12-29)17-34-22-6-3-2-5-21(22)26/h2-3,5-8,15,18-19,31H,4,9-14,16-17H2,1H3/t25-/m0/s1. The highest BCUT2D eigenvalue weighted by Gasteiger charge is 2.31. The first-order chi connectivity index (χ1) is 16.5. The van der Waals surface area contributed by atoms with E-state index in [2.05, 4.69) is 15.1 Å². The van der Waals surface area contributed by atoms with Gasteiger partial charge in [0, 0.05) is 13.1 Å². The van der Waals surface area contributed by atoms with Crippen LogP contribution in [0.1, 0.15) is 24.8 Å². The lowest BCUT2D eigenvalue weighted by Crippen LogP contribution is -2.37. The van der Waals surface area contributed by atoms with Gasteiger partial charge in [-0.15, -0.1) is 10.2 Å². The molecule has 1 aliphatic heterocycles. The number of benzene rings is 2. The van der Waals surface area contributed by atoms with Gasteiger partial charge in [0.05, 0.1) is 19.3 Å². The van der Waals surface area contributed by atoms with Crippen molar-refractivity contribution in [1.82, 2.24) is 19.7 Å². The fraction of sp³-hybridized carbons (Fsp3) is 0.440. The number of methoxy groups -OCH3 is 1. The molecule has 0 amide bonds. The first kappa shape index (κ1) is 24.0. The molecule has 1 aliphatic rings. The van der Waals surface area contributed by atoms with Crippen molar-refractivity contribution < 1.29 is 23.7 Å². The highest BCUT2D eigenvalue weighted by Crippen LogP contribution is 2.30. The Morgan fingerprint density at radius 2 is 1.82 bits per heavy atom. The highest BCUT2D eigenvalue weighted by atomic mass is 19.1. The summed E-state index contributed by atoms with van der Waals surface area (Å²) in [6.45, 7) is 3.49. The van der Waals surface area contributed by atoms with Gasteiger partial charge >= 0.3 is 0 Å². The van der Waals surface area contributed by atoms with Gasteiger partial charge in [-0.1, -0.05) is 18.2 Å². The summed E-state index contributed by atoms with van der Waals surface area (Å²) >= 11 is 0. The van der Waals surface area contributed by atoms with E-state index in [1.165, 1.54) is 6.07 Å². The summed E-state index contributed by atoms with van der Waals surface area (Å²) in [5.41, 5.74) is 0.126. The molecule has 1 fully saturated rings. The Labute approximate surface area is 198 Å². The summed E-state index contributed by atoms with van der Waals surface area (Å²) in [6.07, 6.45) is 5.30. The molecule has 34 heavy (non-hydrogen) atoms. The average molecular weight is 471 g/mol. The molecule has 4 rings (SSSR count). The molecule has 1 saturated heterocycles. The smallest absolute Gasteiger partial charge is 0.165 e. The number of hydrogen-bond donors (Lipinski definition) is 1. The number of likely N-dealkylation sites (tertiary alicyclic amines) is 1. The predicted octanol–water partition coefficient (Wildman–Crippen LogP) is 3.30. The van der Waals surface area contributed by atoms with Gasteiger partial charge in [0.1, 0.15) is 25.9 Å². The molecule has 3 aromatic rings. The van der Waals surface area contributed by atoms with E-state index in [1.54, 1.807) is 38.0 Å². The maximum atomic E-state index is 13.8.